The van der Waals surface area contributed by atoms with Crippen LogP contribution in [0.15, 0.2) is 11.6 Å². The number of allylic oxidation sites excluding steroid dienone is 2. The van der Waals surface area contributed by atoms with Crippen LogP contribution in [0.3, 0.4) is 0 Å². The Balaban J connectivity index is 3.56. The predicted molar refractivity (Wildman–Crippen MR) is 34.6 cm³/mol. The van der Waals surface area contributed by atoms with Gasteiger partial charge in [-0.15, -0.1) is 0 Å². The van der Waals surface area contributed by atoms with Crippen molar-refractivity contribution in [2.75, 3.05) is 0 Å². The minimum atomic E-state index is 0.602. The van der Waals surface area contributed by atoms with Crippen molar-refractivity contribution in [3.8, 4) is 0 Å². The van der Waals surface area contributed by atoms with E-state index in [2.05, 4.69) is 42.9 Å². The van der Waals surface area contributed by atoms with Crippen molar-refractivity contribution in [2.24, 2.45) is 0 Å². The van der Waals surface area contributed by atoms with E-state index in [9.17, 15) is 0 Å². The molecule has 1 radical (unpaired) electrons. The molecule has 0 amide bonds. The third-order valence-corrected chi connectivity index (χ3v) is 1.88. The van der Waals surface area contributed by atoms with Crippen molar-refractivity contribution in [2.45, 2.75) is 25.6 Å². The van der Waals surface area contributed by atoms with Gasteiger partial charge in [0.25, 0.3) is 0 Å². The maximum atomic E-state index is 3.02. The molecule has 1 heteroatoms. The van der Waals surface area contributed by atoms with E-state index in [0.29, 0.717) is 4.82 Å². The molecule has 0 saturated heterocycles. The third kappa shape index (κ3) is 2.90. The summed E-state index contributed by atoms with van der Waals surface area (Å²) in [7, 11) is 0. The van der Waals surface area contributed by atoms with Gasteiger partial charge in [0.2, 0.25) is 0 Å². The molecule has 0 spiro atoms. The van der Waals surface area contributed by atoms with E-state index in [-0.39, 0.29) is 0 Å². The van der Waals surface area contributed by atoms with Gasteiger partial charge in [0.15, 0.2) is 0 Å². The number of rotatable bonds is 1. The first kappa shape index (κ1) is 7.26. The van der Waals surface area contributed by atoms with Crippen LogP contribution in [0.5, 0.6) is 0 Å². The fourth-order valence-electron chi connectivity index (χ4n) is 0.235. The van der Waals surface area contributed by atoms with Crippen LogP contribution in [0, 0.1) is 0 Å². The summed E-state index contributed by atoms with van der Waals surface area (Å²) < 4.78 is 0. The van der Waals surface area contributed by atoms with Crippen molar-refractivity contribution < 1.29 is 0 Å². The Morgan fingerprint density at radius 2 is 2.14 bits per heavy atom. The molecule has 0 saturated carbocycles. The van der Waals surface area contributed by atoms with Gasteiger partial charge >= 0.3 is 53.2 Å². The van der Waals surface area contributed by atoms with Crippen molar-refractivity contribution in [3.05, 3.63) is 11.6 Å². The summed E-state index contributed by atoms with van der Waals surface area (Å²) in [5, 5.41) is 0. The Hall–Kier alpha value is 0.259. The van der Waals surface area contributed by atoms with Gasteiger partial charge in [-0.25, -0.2) is 0 Å². The summed E-state index contributed by atoms with van der Waals surface area (Å²) in [6.07, 6.45) is 2.13. The molecule has 1 atom stereocenters. The first-order valence-electron chi connectivity index (χ1n) is 2.47. The molecule has 41 valence electrons. The summed E-state index contributed by atoms with van der Waals surface area (Å²) in [5.74, 6) is 0. The molecule has 0 bridgehead atoms. The van der Waals surface area contributed by atoms with Gasteiger partial charge in [0.1, 0.15) is 0 Å². The summed E-state index contributed by atoms with van der Waals surface area (Å²) in [5.41, 5.74) is 1.42. The Morgan fingerprint density at radius 3 is 2.14 bits per heavy atom. The van der Waals surface area contributed by atoms with Gasteiger partial charge in [-0.05, 0) is 0 Å². The van der Waals surface area contributed by atoms with Gasteiger partial charge in [-0.2, -0.15) is 0 Å². The average molecular weight is 162 g/mol. The molecule has 0 aliphatic rings. The van der Waals surface area contributed by atoms with Gasteiger partial charge in [0, 0.05) is 0 Å². The van der Waals surface area contributed by atoms with Crippen molar-refractivity contribution in [1.82, 2.24) is 0 Å². The van der Waals surface area contributed by atoms with Crippen LogP contribution in [0.2, 0.25) is 4.82 Å². The monoisotopic (exact) mass is 163 g/mol. The molecule has 0 rings (SSSR count). The molecule has 1 unspecified atom stereocenters. The topological polar surface area (TPSA) is 0 Å². The van der Waals surface area contributed by atoms with Crippen molar-refractivity contribution in [3.63, 3.8) is 0 Å². The summed E-state index contributed by atoms with van der Waals surface area (Å²) in [6.45, 7) is 6.33. The second-order valence-corrected chi connectivity index (χ2v) is 3.16. The van der Waals surface area contributed by atoms with Gasteiger partial charge in [-0.1, -0.05) is 0 Å². The molecule has 0 aromatic heterocycles. The molecule has 0 nitrogen and oxygen atoms in total. The zero-order valence-electron chi connectivity index (χ0n) is 5.06. The van der Waals surface area contributed by atoms with E-state index < -0.39 is 0 Å². The molecule has 7 heavy (non-hydrogen) atoms. The quantitative estimate of drug-likeness (QED) is 0.408. The van der Waals surface area contributed by atoms with Crippen LogP contribution >= 0.6 is 0 Å². The Kier molecular flexibility index (Phi) is 3.41. The van der Waals surface area contributed by atoms with E-state index in [1.54, 1.807) is 0 Å². The summed E-state index contributed by atoms with van der Waals surface area (Å²) in [6, 6.07) is 0. The van der Waals surface area contributed by atoms with E-state index in [4.69, 9.17) is 0 Å². The predicted octanol–water partition coefficient (Wildman–Crippen LogP) is 1.93. The first-order chi connectivity index (χ1) is 3.18. The zero-order valence-corrected chi connectivity index (χ0v) is 6.78. The first-order valence-corrected chi connectivity index (χ1v) is 3.46. The summed E-state index contributed by atoms with van der Waals surface area (Å²) in [4.78, 5) is 0.602. The van der Waals surface area contributed by atoms with Crippen LogP contribution in [0.1, 0.15) is 20.8 Å². The standard InChI is InChI=1S/C6H11Se/c1-4-5(2)6(3)7/h4,6H,1-3H3/b5-4+. The van der Waals surface area contributed by atoms with Crippen LogP contribution < -0.4 is 0 Å². The number of hydrogen-bond acceptors (Lipinski definition) is 0. The van der Waals surface area contributed by atoms with E-state index >= 15 is 0 Å². The number of hydrogen-bond donors (Lipinski definition) is 0. The second-order valence-electron chi connectivity index (χ2n) is 1.67. The average Bonchev–Trinajstić information content (AvgIpc) is 1.65. The minimum absolute atomic E-state index is 0.602. The van der Waals surface area contributed by atoms with Crippen molar-refractivity contribution in [1.29, 1.82) is 0 Å². The molecule has 0 N–H and O–H groups in total. The normalized spacial score (nSPS) is 16.9. The van der Waals surface area contributed by atoms with Gasteiger partial charge in [-0.3, -0.25) is 0 Å². The fourth-order valence-corrected chi connectivity index (χ4v) is 0.520. The molecule has 0 fully saturated rings. The molecule has 0 aliphatic carbocycles. The molecule has 0 heterocycles. The van der Waals surface area contributed by atoms with Crippen LogP contribution in [0.25, 0.3) is 0 Å². The van der Waals surface area contributed by atoms with Gasteiger partial charge < -0.3 is 0 Å². The van der Waals surface area contributed by atoms with Crippen LogP contribution in [-0.4, -0.2) is 16.0 Å². The second kappa shape index (κ2) is 3.29. The van der Waals surface area contributed by atoms with Crippen molar-refractivity contribution >= 4 is 16.0 Å². The third-order valence-electron chi connectivity index (χ3n) is 1.10. The SMILES string of the molecule is C/C=C(\C)C(C)[Se]. The van der Waals surface area contributed by atoms with Crippen LogP contribution in [0.4, 0.5) is 0 Å². The fraction of sp³-hybridized carbons (Fsp3) is 0.667. The van der Waals surface area contributed by atoms with E-state index in [1.165, 1.54) is 5.57 Å². The van der Waals surface area contributed by atoms with Crippen LogP contribution in [-0.2, 0) is 0 Å². The molecular weight excluding hydrogens is 151 g/mol. The summed E-state index contributed by atoms with van der Waals surface area (Å²) >= 11 is 3.02. The maximum absolute atomic E-state index is 3.02. The van der Waals surface area contributed by atoms with E-state index in [0.717, 1.165) is 0 Å². The molecular formula is C6H11Se. The Bertz CT molecular complexity index is 72.2. The van der Waals surface area contributed by atoms with Gasteiger partial charge in [0.05, 0.1) is 0 Å². The Labute approximate surface area is 53.8 Å². The molecule has 0 aliphatic heterocycles. The molecule has 0 aromatic rings. The molecule has 0 aromatic carbocycles. The Morgan fingerprint density at radius 1 is 1.71 bits per heavy atom. The zero-order chi connectivity index (χ0) is 5.86. The van der Waals surface area contributed by atoms with E-state index in [1.807, 2.05) is 0 Å².